The molecule has 0 radical (unpaired) electrons. The van der Waals surface area contributed by atoms with E-state index in [0.717, 1.165) is 23.6 Å². The molecular weight excluding hydrogens is 214 g/mol. The zero-order valence-corrected chi connectivity index (χ0v) is 11.2. The zero-order chi connectivity index (χ0) is 12.7. The maximum absolute atomic E-state index is 5.69. The Labute approximate surface area is 104 Å². The first-order valence-electron chi connectivity index (χ1n) is 6.29. The second kappa shape index (κ2) is 7.17. The fourth-order valence-electron chi connectivity index (χ4n) is 1.59. The van der Waals surface area contributed by atoms with Gasteiger partial charge in [0.2, 0.25) is 0 Å². The van der Waals surface area contributed by atoms with Crippen molar-refractivity contribution in [3.8, 4) is 11.5 Å². The molecule has 0 aliphatic heterocycles. The van der Waals surface area contributed by atoms with Crippen LogP contribution in [-0.2, 0) is 6.54 Å². The van der Waals surface area contributed by atoms with E-state index in [9.17, 15) is 0 Å². The van der Waals surface area contributed by atoms with Crippen LogP contribution in [0.3, 0.4) is 0 Å². The number of nitrogens with one attached hydrogen (secondary N) is 1. The Morgan fingerprint density at radius 2 is 1.82 bits per heavy atom. The van der Waals surface area contributed by atoms with Gasteiger partial charge in [-0.3, -0.25) is 0 Å². The van der Waals surface area contributed by atoms with E-state index in [-0.39, 0.29) is 0 Å². The van der Waals surface area contributed by atoms with Crippen molar-refractivity contribution >= 4 is 0 Å². The minimum Gasteiger partial charge on any atom is -0.490 e. The van der Waals surface area contributed by atoms with E-state index in [2.05, 4.69) is 25.2 Å². The predicted molar refractivity (Wildman–Crippen MR) is 70.8 cm³/mol. The summed E-state index contributed by atoms with van der Waals surface area (Å²) in [5.41, 5.74) is 1.14. The Morgan fingerprint density at radius 3 is 2.41 bits per heavy atom. The number of para-hydroxylation sites is 1. The van der Waals surface area contributed by atoms with Gasteiger partial charge >= 0.3 is 0 Å². The second-order valence-corrected chi connectivity index (χ2v) is 4.15. The highest BCUT2D eigenvalue weighted by atomic mass is 16.5. The molecule has 0 saturated carbocycles. The minimum atomic E-state index is 0.459. The Bertz CT molecular complexity index is 337. The summed E-state index contributed by atoms with van der Waals surface area (Å²) in [4.78, 5) is 0. The third-order valence-corrected chi connectivity index (χ3v) is 2.35. The fraction of sp³-hybridized carbons (Fsp3) is 0.571. The molecule has 17 heavy (non-hydrogen) atoms. The van der Waals surface area contributed by atoms with Crippen molar-refractivity contribution in [3.63, 3.8) is 0 Å². The molecule has 0 atom stereocenters. The zero-order valence-electron chi connectivity index (χ0n) is 11.2. The van der Waals surface area contributed by atoms with Gasteiger partial charge in [0.25, 0.3) is 0 Å². The maximum atomic E-state index is 5.69. The van der Waals surface area contributed by atoms with E-state index in [1.54, 1.807) is 0 Å². The van der Waals surface area contributed by atoms with Crippen LogP contribution in [0.2, 0.25) is 0 Å². The molecule has 0 unspecified atom stereocenters. The summed E-state index contributed by atoms with van der Waals surface area (Å²) < 4.78 is 11.3. The molecule has 1 aromatic rings. The molecule has 1 N–H and O–H groups in total. The van der Waals surface area contributed by atoms with E-state index in [4.69, 9.17) is 9.47 Å². The molecule has 0 aliphatic carbocycles. The van der Waals surface area contributed by atoms with E-state index in [1.807, 2.05) is 26.0 Å². The summed E-state index contributed by atoms with van der Waals surface area (Å²) >= 11 is 0. The van der Waals surface area contributed by atoms with Gasteiger partial charge in [0.05, 0.1) is 13.2 Å². The molecule has 0 aliphatic rings. The minimum absolute atomic E-state index is 0.459. The van der Waals surface area contributed by atoms with Crippen LogP contribution in [-0.4, -0.2) is 19.3 Å². The average Bonchev–Trinajstić information content (AvgIpc) is 2.30. The van der Waals surface area contributed by atoms with Gasteiger partial charge in [-0.2, -0.15) is 0 Å². The summed E-state index contributed by atoms with van der Waals surface area (Å²) in [5.74, 6) is 1.70. The van der Waals surface area contributed by atoms with Crippen molar-refractivity contribution < 1.29 is 9.47 Å². The Balaban J connectivity index is 2.89. The first kappa shape index (κ1) is 13.8. The molecule has 3 heteroatoms. The van der Waals surface area contributed by atoms with Gasteiger partial charge in [-0.15, -0.1) is 0 Å². The van der Waals surface area contributed by atoms with Gasteiger partial charge < -0.3 is 14.8 Å². The number of hydrogen-bond acceptors (Lipinski definition) is 3. The molecule has 96 valence electrons. The lowest BCUT2D eigenvalue weighted by molar-refractivity contribution is 0.284. The largest absolute Gasteiger partial charge is 0.490 e. The summed E-state index contributed by atoms with van der Waals surface area (Å²) in [6.45, 7) is 10.3. The fourth-order valence-corrected chi connectivity index (χ4v) is 1.59. The van der Waals surface area contributed by atoms with Crippen LogP contribution in [0.15, 0.2) is 18.2 Å². The van der Waals surface area contributed by atoms with Crippen LogP contribution < -0.4 is 14.8 Å². The van der Waals surface area contributed by atoms with E-state index in [1.165, 1.54) is 0 Å². The summed E-state index contributed by atoms with van der Waals surface area (Å²) in [7, 11) is 0. The highest BCUT2D eigenvalue weighted by Crippen LogP contribution is 2.31. The van der Waals surface area contributed by atoms with Gasteiger partial charge in [-0.25, -0.2) is 0 Å². The number of benzene rings is 1. The molecule has 0 amide bonds. The van der Waals surface area contributed by atoms with Crippen molar-refractivity contribution in [1.82, 2.24) is 5.32 Å². The number of ether oxygens (including phenoxy) is 2. The van der Waals surface area contributed by atoms with Crippen molar-refractivity contribution in [3.05, 3.63) is 23.8 Å². The average molecular weight is 237 g/mol. The summed E-state index contributed by atoms with van der Waals surface area (Å²) in [6, 6.07) is 6.49. The van der Waals surface area contributed by atoms with E-state index in [0.29, 0.717) is 19.3 Å². The Morgan fingerprint density at radius 1 is 1.12 bits per heavy atom. The molecule has 0 bridgehead atoms. The molecule has 0 spiro atoms. The van der Waals surface area contributed by atoms with E-state index >= 15 is 0 Å². The normalized spacial score (nSPS) is 10.6. The first-order chi connectivity index (χ1) is 8.19. The second-order valence-electron chi connectivity index (χ2n) is 4.15. The van der Waals surface area contributed by atoms with Gasteiger partial charge in [-0.1, -0.05) is 26.0 Å². The summed E-state index contributed by atoms with van der Waals surface area (Å²) in [6.07, 6.45) is 0. The van der Waals surface area contributed by atoms with Crippen LogP contribution in [0, 0.1) is 0 Å². The Hall–Kier alpha value is -1.22. The predicted octanol–water partition coefficient (Wildman–Crippen LogP) is 2.98. The van der Waals surface area contributed by atoms with Crippen LogP contribution >= 0.6 is 0 Å². The topological polar surface area (TPSA) is 30.5 Å². The van der Waals surface area contributed by atoms with Crippen molar-refractivity contribution in [2.45, 2.75) is 40.3 Å². The van der Waals surface area contributed by atoms with Crippen LogP contribution in [0.4, 0.5) is 0 Å². The molecule has 1 rings (SSSR count). The third-order valence-electron chi connectivity index (χ3n) is 2.35. The van der Waals surface area contributed by atoms with Gasteiger partial charge in [0, 0.05) is 18.2 Å². The quantitative estimate of drug-likeness (QED) is 0.791. The molecule has 3 nitrogen and oxygen atoms in total. The highest BCUT2D eigenvalue weighted by Gasteiger charge is 2.10. The number of hydrogen-bond donors (Lipinski definition) is 1. The maximum Gasteiger partial charge on any atom is 0.165 e. The molecular formula is C14H23NO2. The van der Waals surface area contributed by atoms with Crippen LogP contribution in [0.5, 0.6) is 11.5 Å². The van der Waals surface area contributed by atoms with Crippen molar-refractivity contribution in [1.29, 1.82) is 0 Å². The monoisotopic (exact) mass is 237 g/mol. The van der Waals surface area contributed by atoms with Gasteiger partial charge in [0.15, 0.2) is 11.5 Å². The first-order valence-corrected chi connectivity index (χ1v) is 6.29. The number of rotatable bonds is 7. The third kappa shape index (κ3) is 4.27. The van der Waals surface area contributed by atoms with Gasteiger partial charge in [0.1, 0.15) is 0 Å². The van der Waals surface area contributed by atoms with Crippen LogP contribution in [0.25, 0.3) is 0 Å². The molecule has 0 heterocycles. The molecule has 0 saturated heterocycles. The lowest BCUT2D eigenvalue weighted by Gasteiger charge is -2.16. The standard InChI is InChI=1S/C14H23NO2/c1-5-16-13-9-7-8-12(10-15-11(3)4)14(13)17-6-2/h7-9,11,15H,5-6,10H2,1-4H3. The smallest absolute Gasteiger partial charge is 0.165 e. The highest BCUT2D eigenvalue weighted by molar-refractivity contribution is 5.46. The molecule has 0 aromatic heterocycles. The van der Waals surface area contributed by atoms with Crippen molar-refractivity contribution in [2.75, 3.05) is 13.2 Å². The van der Waals surface area contributed by atoms with Crippen LogP contribution in [0.1, 0.15) is 33.3 Å². The van der Waals surface area contributed by atoms with Crippen molar-refractivity contribution in [2.24, 2.45) is 0 Å². The molecule has 0 fully saturated rings. The van der Waals surface area contributed by atoms with E-state index < -0.39 is 0 Å². The SMILES string of the molecule is CCOc1cccc(CNC(C)C)c1OCC. The summed E-state index contributed by atoms with van der Waals surface area (Å²) in [5, 5.41) is 3.39. The van der Waals surface area contributed by atoms with Gasteiger partial charge in [-0.05, 0) is 19.9 Å². The Kier molecular flexibility index (Phi) is 5.84. The molecule has 1 aromatic carbocycles. The lowest BCUT2D eigenvalue weighted by Crippen LogP contribution is -2.22. The lowest BCUT2D eigenvalue weighted by atomic mass is 10.1.